The van der Waals surface area contributed by atoms with Gasteiger partial charge < -0.3 is 5.32 Å². The number of hydrogen-bond acceptors (Lipinski definition) is 1. The third-order valence-electron chi connectivity index (χ3n) is 3.22. The molecule has 0 aromatic heterocycles. The lowest BCUT2D eigenvalue weighted by molar-refractivity contribution is 0.494. The SMILES string of the molecule is CC(N[C@H](C)c1ccc(Cl)cc1)c1cccc(Br)c1. The van der Waals surface area contributed by atoms with E-state index in [0.29, 0.717) is 6.04 Å². The van der Waals surface area contributed by atoms with Gasteiger partial charge in [-0.3, -0.25) is 0 Å². The summed E-state index contributed by atoms with van der Waals surface area (Å²) in [6, 6.07) is 16.9. The molecule has 0 aliphatic heterocycles. The van der Waals surface area contributed by atoms with Crippen molar-refractivity contribution in [2.24, 2.45) is 0 Å². The van der Waals surface area contributed by atoms with Crippen LogP contribution < -0.4 is 5.32 Å². The molecule has 2 rings (SSSR count). The smallest absolute Gasteiger partial charge is 0.0406 e. The zero-order valence-corrected chi connectivity index (χ0v) is 13.4. The Kier molecular flexibility index (Phi) is 5.03. The molecule has 0 heterocycles. The molecule has 2 aromatic rings. The van der Waals surface area contributed by atoms with Crippen LogP contribution in [0.25, 0.3) is 0 Å². The molecule has 0 fully saturated rings. The summed E-state index contributed by atoms with van der Waals surface area (Å²) in [6.45, 7) is 4.34. The largest absolute Gasteiger partial charge is 0.304 e. The van der Waals surface area contributed by atoms with E-state index < -0.39 is 0 Å². The van der Waals surface area contributed by atoms with E-state index in [1.807, 2.05) is 18.2 Å². The molecular weight excluding hydrogens is 322 g/mol. The van der Waals surface area contributed by atoms with Gasteiger partial charge in [0.2, 0.25) is 0 Å². The van der Waals surface area contributed by atoms with Crippen LogP contribution in [0.15, 0.2) is 53.0 Å². The van der Waals surface area contributed by atoms with Crippen molar-refractivity contribution in [1.29, 1.82) is 0 Å². The molecule has 2 aromatic carbocycles. The van der Waals surface area contributed by atoms with Gasteiger partial charge in [0.15, 0.2) is 0 Å². The summed E-state index contributed by atoms with van der Waals surface area (Å²) in [5.74, 6) is 0. The summed E-state index contributed by atoms with van der Waals surface area (Å²) in [5.41, 5.74) is 2.52. The third kappa shape index (κ3) is 4.07. The summed E-state index contributed by atoms with van der Waals surface area (Å²) < 4.78 is 1.11. The summed E-state index contributed by atoms with van der Waals surface area (Å²) in [5, 5.41) is 4.37. The van der Waals surface area contributed by atoms with E-state index in [2.05, 4.69) is 65.4 Å². The molecule has 0 aliphatic rings. The van der Waals surface area contributed by atoms with Crippen molar-refractivity contribution in [3.63, 3.8) is 0 Å². The summed E-state index contributed by atoms with van der Waals surface area (Å²) in [7, 11) is 0. The van der Waals surface area contributed by atoms with Gasteiger partial charge in [0.25, 0.3) is 0 Å². The van der Waals surface area contributed by atoms with Crippen molar-refractivity contribution in [1.82, 2.24) is 5.32 Å². The van der Waals surface area contributed by atoms with Gasteiger partial charge in [-0.1, -0.05) is 51.8 Å². The highest BCUT2D eigenvalue weighted by molar-refractivity contribution is 9.10. The molecule has 0 saturated heterocycles. The molecule has 0 saturated carbocycles. The number of halogens is 2. The predicted molar refractivity (Wildman–Crippen MR) is 85.6 cm³/mol. The van der Waals surface area contributed by atoms with Crippen LogP contribution in [-0.4, -0.2) is 0 Å². The van der Waals surface area contributed by atoms with E-state index in [0.717, 1.165) is 9.50 Å². The number of hydrogen-bond donors (Lipinski definition) is 1. The second kappa shape index (κ2) is 6.56. The highest BCUT2D eigenvalue weighted by Crippen LogP contribution is 2.22. The quantitative estimate of drug-likeness (QED) is 0.774. The molecule has 0 spiro atoms. The zero-order valence-electron chi connectivity index (χ0n) is 11.0. The molecule has 0 bridgehead atoms. The molecule has 0 amide bonds. The Morgan fingerprint density at radius 2 is 1.58 bits per heavy atom. The van der Waals surface area contributed by atoms with Crippen molar-refractivity contribution in [3.05, 3.63) is 69.2 Å². The predicted octanol–water partition coefficient (Wildman–Crippen LogP) is 5.51. The lowest BCUT2D eigenvalue weighted by Crippen LogP contribution is -2.22. The van der Waals surface area contributed by atoms with Crippen molar-refractivity contribution in [2.45, 2.75) is 25.9 Å². The Morgan fingerprint density at radius 3 is 2.21 bits per heavy atom. The molecule has 1 N–H and O–H groups in total. The van der Waals surface area contributed by atoms with Crippen LogP contribution in [-0.2, 0) is 0 Å². The van der Waals surface area contributed by atoms with Crippen molar-refractivity contribution in [2.75, 3.05) is 0 Å². The van der Waals surface area contributed by atoms with E-state index in [4.69, 9.17) is 11.6 Å². The number of nitrogens with one attached hydrogen (secondary N) is 1. The first-order chi connectivity index (χ1) is 9.06. The molecule has 19 heavy (non-hydrogen) atoms. The van der Waals surface area contributed by atoms with Crippen LogP contribution >= 0.6 is 27.5 Å². The van der Waals surface area contributed by atoms with Gasteiger partial charge in [-0.15, -0.1) is 0 Å². The fourth-order valence-corrected chi connectivity index (χ4v) is 2.64. The molecular formula is C16H17BrClN. The lowest BCUT2D eigenvalue weighted by Gasteiger charge is -2.21. The average molecular weight is 339 g/mol. The summed E-state index contributed by atoms with van der Waals surface area (Å²) >= 11 is 9.42. The van der Waals surface area contributed by atoms with Crippen molar-refractivity contribution >= 4 is 27.5 Å². The molecule has 3 heteroatoms. The monoisotopic (exact) mass is 337 g/mol. The van der Waals surface area contributed by atoms with Gasteiger partial charge in [0.1, 0.15) is 0 Å². The molecule has 2 atom stereocenters. The van der Waals surface area contributed by atoms with Crippen molar-refractivity contribution in [3.8, 4) is 0 Å². The van der Waals surface area contributed by atoms with E-state index >= 15 is 0 Å². The topological polar surface area (TPSA) is 12.0 Å². The fraction of sp³-hybridized carbons (Fsp3) is 0.250. The van der Waals surface area contributed by atoms with Gasteiger partial charge in [-0.05, 0) is 49.2 Å². The van der Waals surface area contributed by atoms with Gasteiger partial charge in [-0.2, -0.15) is 0 Å². The Bertz CT molecular complexity index is 539. The molecule has 1 unspecified atom stereocenters. The Balaban J connectivity index is 2.06. The number of benzene rings is 2. The normalized spacial score (nSPS) is 14.1. The minimum absolute atomic E-state index is 0.284. The highest BCUT2D eigenvalue weighted by atomic mass is 79.9. The lowest BCUT2D eigenvalue weighted by atomic mass is 10.0. The maximum atomic E-state index is 5.91. The van der Waals surface area contributed by atoms with Crippen LogP contribution in [0.4, 0.5) is 0 Å². The van der Waals surface area contributed by atoms with Crippen LogP contribution in [0.5, 0.6) is 0 Å². The van der Waals surface area contributed by atoms with Gasteiger partial charge in [-0.25, -0.2) is 0 Å². The van der Waals surface area contributed by atoms with Gasteiger partial charge >= 0.3 is 0 Å². The van der Waals surface area contributed by atoms with Crippen molar-refractivity contribution < 1.29 is 0 Å². The second-order valence-electron chi connectivity index (χ2n) is 4.72. The van der Waals surface area contributed by atoms with Crippen LogP contribution in [0, 0.1) is 0 Å². The molecule has 1 nitrogen and oxygen atoms in total. The van der Waals surface area contributed by atoms with E-state index in [9.17, 15) is 0 Å². The van der Waals surface area contributed by atoms with Gasteiger partial charge in [0.05, 0.1) is 0 Å². The number of rotatable bonds is 4. The Hall–Kier alpha value is -0.830. The minimum atomic E-state index is 0.284. The van der Waals surface area contributed by atoms with E-state index in [1.165, 1.54) is 11.1 Å². The first-order valence-electron chi connectivity index (χ1n) is 6.33. The van der Waals surface area contributed by atoms with Crippen LogP contribution in [0.2, 0.25) is 5.02 Å². The average Bonchev–Trinajstić information content (AvgIpc) is 2.39. The maximum Gasteiger partial charge on any atom is 0.0406 e. The summed E-state index contributed by atoms with van der Waals surface area (Å²) in [6.07, 6.45) is 0. The van der Waals surface area contributed by atoms with E-state index in [1.54, 1.807) is 0 Å². The van der Waals surface area contributed by atoms with Gasteiger partial charge in [0, 0.05) is 21.6 Å². The first-order valence-corrected chi connectivity index (χ1v) is 7.50. The highest BCUT2D eigenvalue weighted by Gasteiger charge is 2.11. The zero-order chi connectivity index (χ0) is 13.8. The van der Waals surface area contributed by atoms with Crippen LogP contribution in [0.3, 0.4) is 0 Å². The summed E-state index contributed by atoms with van der Waals surface area (Å²) in [4.78, 5) is 0. The first kappa shape index (κ1) is 14.6. The standard InChI is InChI=1S/C16H17BrClN/c1-11(13-6-8-16(18)9-7-13)19-12(2)14-4-3-5-15(17)10-14/h3-12,19H,1-2H3/t11-,12?/m1/s1. The minimum Gasteiger partial charge on any atom is -0.304 e. The van der Waals surface area contributed by atoms with Crippen LogP contribution in [0.1, 0.15) is 37.1 Å². The fourth-order valence-electron chi connectivity index (χ4n) is 2.09. The molecule has 0 aliphatic carbocycles. The third-order valence-corrected chi connectivity index (χ3v) is 3.96. The molecule has 100 valence electrons. The Morgan fingerprint density at radius 1 is 0.947 bits per heavy atom. The maximum absolute atomic E-state index is 5.91. The molecule has 0 radical (unpaired) electrons. The Labute approximate surface area is 128 Å². The van der Waals surface area contributed by atoms with E-state index in [-0.39, 0.29) is 6.04 Å². The second-order valence-corrected chi connectivity index (χ2v) is 6.07.